The van der Waals surface area contributed by atoms with Crippen molar-refractivity contribution >= 4 is 40.4 Å². The topological polar surface area (TPSA) is 29.5 Å². The summed E-state index contributed by atoms with van der Waals surface area (Å²) >= 11 is 13.5. The van der Waals surface area contributed by atoms with Crippen LogP contribution in [0.2, 0.25) is 10.0 Å². The third-order valence-electron chi connectivity index (χ3n) is 3.41. The fourth-order valence-corrected chi connectivity index (χ4v) is 3.44. The minimum absolute atomic E-state index is 0.0113. The molecule has 2 aromatic rings. The summed E-state index contributed by atoms with van der Waals surface area (Å²) in [4.78, 5) is 15.4. The molecule has 0 spiro atoms. The number of nitrogens with zero attached hydrogens (tertiary/aromatic N) is 1. The van der Waals surface area contributed by atoms with E-state index in [1.165, 1.54) is 10.4 Å². The largest absolute Gasteiger partial charge is 0.484 e. The lowest BCUT2D eigenvalue weighted by Gasteiger charge is -2.27. The average molecular weight is 342 g/mol. The van der Waals surface area contributed by atoms with E-state index in [-0.39, 0.29) is 12.5 Å². The van der Waals surface area contributed by atoms with E-state index in [9.17, 15) is 4.79 Å². The molecule has 3 nitrogen and oxygen atoms in total. The van der Waals surface area contributed by atoms with Gasteiger partial charge in [0.05, 0.1) is 10.0 Å². The Kier molecular flexibility index (Phi) is 4.38. The number of hydrogen-bond donors (Lipinski definition) is 0. The number of ether oxygens (including phenoxy) is 1. The lowest BCUT2D eigenvalue weighted by molar-refractivity contribution is -0.134. The molecule has 3 rings (SSSR count). The van der Waals surface area contributed by atoms with Gasteiger partial charge in [0.25, 0.3) is 5.91 Å². The molecule has 2 heterocycles. The maximum Gasteiger partial charge on any atom is 0.260 e. The number of carbonyl (C=O) groups excluding carboxylic acids is 1. The van der Waals surface area contributed by atoms with Crippen molar-refractivity contribution in [2.45, 2.75) is 13.0 Å². The molecule has 0 N–H and O–H groups in total. The lowest BCUT2D eigenvalue weighted by Crippen LogP contribution is -2.38. The van der Waals surface area contributed by atoms with Crippen LogP contribution in [-0.2, 0) is 17.8 Å². The summed E-state index contributed by atoms with van der Waals surface area (Å²) < 4.78 is 5.49. The maximum atomic E-state index is 12.2. The zero-order valence-corrected chi connectivity index (χ0v) is 13.5. The summed E-state index contributed by atoms with van der Waals surface area (Å²) in [5.74, 6) is 0.531. The number of fused-ring (bicyclic) bond motifs is 1. The Morgan fingerprint density at radius 3 is 2.95 bits per heavy atom. The van der Waals surface area contributed by atoms with Crippen LogP contribution in [0.3, 0.4) is 0 Å². The molecular weight excluding hydrogens is 329 g/mol. The monoisotopic (exact) mass is 341 g/mol. The Bertz CT molecular complexity index is 671. The summed E-state index contributed by atoms with van der Waals surface area (Å²) in [6.07, 6.45) is 0.922. The Labute approximate surface area is 137 Å². The number of carbonyl (C=O) groups is 1. The average Bonchev–Trinajstić information content (AvgIpc) is 2.95. The van der Waals surface area contributed by atoms with Crippen LogP contribution in [0.5, 0.6) is 5.75 Å². The molecule has 1 amide bonds. The normalized spacial score (nSPS) is 13.9. The van der Waals surface area contributed by atoms with Crippen LogP contribution in [0.4, 0.5) is 0 Å². The van der Waals surface area contributed by atoms with Crippen LogP contribution in [-0.4, -0.2) is 24.0 Å². The molecule has 0 radical (unpaired) electrons. The number of rotatable bonds is 3. The van der Waals surface area contributed by atoms with Crippen molar-refractivity contribution in [3.8, 4) is 5.75 Å². The van der Waals surface area contributed by atoms with Crippen molar-refractivity contribution in [3.63, 3.8) is 0 Å². The maximum absolute atomic E-state index is 12.2. The standard InChI is InChI=1S/C15H13Cl2NO2S/c16-12-2-1-11(7-13(12)17)20-9-15(19)18-5-3-14-10(8-18)4-6-21-14/h1-2,4,6-7H,3,5,8-9H2. The zero-order chi connectivity index (χ0) is 14.8. The Balaban J connectivity index is 1.58. The quantitative estimate of drug-likeness (QED) is 0.843. The van der Waals surface area contributed by atoms with Crippen LogP contribution in [0.1, 0.15) is 10.4 Å². The first-order chi connectivity index (χ1) is 10.1. The van der Waals surface area contributed by atoms with Gasteiger partial charge in [0.2, 0.25) is 0 Å². The Hall–Kier alpha value is -1.23. The van der Waals surface area contributed by atoms with Gasteiger partial charge in [-0.1, -0.05) is 23.2 Å². The van der Waals surface area contributed by atoms with Gasteiger partial charge in [0.15, 0.2) is 6.61 Å². The second-order valence-electron chi connectivity index (χ2n) is 4.80. The zero-order valence-electron chi connectivity index (χ0n) is 11.1. The second-order valence-corrected chi connectivity index (χ2v) is 6.61. The third kappa shape index (κ3) is 3.34. The number of amides is 1. The van der Waals surface area contributed by atoms with Gasteiger partial charge in [-0.15, -0.1) is 11.3 Å². The summed E-state index contributed by atoms with van der Waals surface area (Å²) in [6.45, 7) is 1.43. The van der Waals surface area contributed by atoms with Gasteiger partial charge < -0.3 is 9.64 Å². The van der Waals surface area contributed by atoms with Gasteiger partial charge >= 0.3 is 0 Å². The van der Waals surface area contributed by atoms with Crippen molar-refractivity contribution in [1.82, 2.24) is 4.90 Å². The van der Waals surface area contributed by atoms with Gasteiger partial charge in [-0.25, -0.2) is 0 Å². The summed E-state index contributed by atoms with van der Waals surface area (Å²) in [6, 6.07) is 7.06. The summed E-state index contributed by atoms with van der Waals surface area (Å²) in [7, 11) is 0. The van der Waals surface area contributed by atoms with Crippen molar-refractivity contribution in [2.75, 3.05) is 13.2 Å². The van der Waals surface area contributed by atoms with Crippen LogP contribution < -0.4 is 4.74 Å². The van der Waals surface area contributed by atoms with E-state index in [1.54, 1.807) is 29.5 Å². The summed E-state index contributed by atoms with van der Waals surface area (Å²) in [5.41, 5.74) is 1.24. The number of hydrogen-bond acceptors (Lipinski definition) is 3. The van der Waals surface area contributed by atoms with Gasteiger partial charge in [-0.05, 0) is 35.6 Å². The highest BCUT2D eigenvalue weighted by Crippen LogP contribution is 2.27. The first-order valence-electron chi connectivity index (χ1n) is 6.54. The minimum atomic E-state index is -0.0158. The lowest BCUT2D eigenvalue weighted by atomic mass is 10.1. The fourth-order valence-electron chi connectivity index (χ4n) is 2.26. The highest BCUT2D eigenvalue weighted by molar-refractivity contribution is 7.10. The second kappa shape index (κ2) is 6.26. The van der Waals surface area contributed by atoms with Crippen LogP contribution in [0, 0.1) is 0 Å². The molecule has 1 aliphatic heterocycles. The molecular formula is C15H13Cl2NO2S. The van der Waals surface area contributed by atoms with E-state index in [4.69, 9.17) is 27.9 Å². The molecule has 0 bridgehead atoms. The van der Waals surface area contributed by atoms with Crippen molar-refractivity contribution in [3.05, 3.63) is 50.1 Å². The molecule has 0 fully saturated rings. The van der Waals surface area contributed by atoms with E-state index in [0.29, 0.717) is 22.3 Å². The van der Waals surface area contributed by atoms with Gasteiger partial charge in [-0.3, -0.25) is 4.79 Å². The first kappa shape index (κ1) is 14.7. The van der Waals surface area contributed by atoms with Gasteiger partial charge in [0.1, 0.15) is 5.75 Å². The molecule has 1 aliphatic rings. The number of thiophene rings is 1. The van der Waals surface area contributed by atoms with E-state index >= 15 is 0 Å². The molecule has 0 aliphatic carbocycles. The van der Waals surface area contributed by atoms with Gasteiger partial charge in [-0.2, -0.15) is 0 Å². The Morgan fingerprint density at radius 2 is 2.14 bits per heavy atom. The number of benzene rings is 1. The minimum Gasteiger partial charge on any atom is -0.484 e. The highest BCUT2D eigenvalue weighted by Gasteiger charge is 2.21. The van der Waals surface area contributed by atoms with E-state index in [2.05, 4.69) is 11.4 Å². The SMILES string of the molecule is O=C(COc1ccc(Cl)c(Cl)c1)N1CCc2sccc2C1. The molecule has 1 aromatic carbocycles. The van der Waals surface area contributed by atoms with Gasteiger partial charge in [0, 0.05) is 24.0 Å². The molecule has 110 valence electrons. The van der Waals surface area contributed by atoms with Crippen LogP contribution >= 0.6 is 34.5 Å². The molecule has 0 saturated heterocycles. The summed E-state index contributed by atoms with van der Waals surface area (Å²) in [5, 5.41) is 2.96. The molecule has 0 atom stereocenters. The van der Waals surface area contributed by atoms with Crippen molar-refractivity contribution in [2.24, 2.45) is 0 Å². The predicted molar refractivity (Wildman–Crippen MR) is 85.4 cm³/mol. The molecule has 0 unspecified atom stereocenters. The highest BCUT2D eigenvalue weighted by atomic mass is 35.5. The Morgan fingerprint density at radius 1 is 1.29 bits per heavy atom. The molecule has 21 heavy (non-hydrogen) atoms. The van der Waals surface area contributed by atoms with E-state index < -0.39 is 0 Å². The number of halogens is 2. The first-order valence-corrected chi connectivity index (χ1v) is 8.18. The molecule has 0 saturated carbocycles. The van der Waals surface area contributed by atoms with Crippen LogP contribution in [0.15, 0.2) is 29.6 Å². The third-order valence-corrected chi connectivity index (χ3v) is 5.18. The van der Waals surface area contributed by atoms with E-state index in [1.807, 2.05) is 4.90 Å². The van der Waals surface area contributed by atoms with Crippen LogP contribution in [0.25, 0.3) is 0 Å². The van der Waals surface area contributed by atoms with E-state index in [0.717, 1.165) is 13.0 Å². The smallest absolute Gasteiger partial charge is 0.260 e. The molecule has 1 aromatic heterocycles. The van der Waals surface area contributed by atoms with Crippen molar-refractivity contribution < 1.29 is 9.53 Å². The predicted octanol–water partition coefficient (Wildman–Crippen LogP) is 4.02. The molecule has 6 heteroatoms. The van der Waals surface area contributed by atoms with Crippen molar-refractivity contribution in [1.29, 1.82) is 0 Å². The fraction of sp³-hybridized carbons (Fsp3) is 0.267.